The van der Waals surface area contributed by atoms with Crippen LogP contribution in [0.5, 0.6) is 0 Å². The fraction of sp³-hybridized carbons (Fsp3) is 0.500. The maximum absolute atomic E-state index is 11.6. The van der Waals surface area contributed by atoms with Crippen LogP contribution in [0.2, 0.25) is 0 Å². The summed E-state index contributed by atoms with van der Waals surface area (Å²) in [6.07, 6.45) is -1.14. The maximum atomic E-state index is 11.6. The molecule has 5 heteroatoms. The zero-order valence-corrected chi connectivity index (χ0v) is 10.8. The number of esters is 1. The van der Waals surface area contributed by atoms with Gasteiger partial charge in [0.2, 0.25) is 0 Å². The van der Waals surface area contributed by atoms with Crippen LogP contribution >= 0.6 is 0 Å². The van der Waals surface area contributed by atoms with Gasteiger partial charge >= 0.3 is 5.97 Å². The van der Waals surface area contributed by atoms with Crippen molar-refractivity contribution in [3.8, 4) is 0 Å². The molecule has 102 valence electrons. The summed E-state index contributed by atoms with van der Waals surface area (Å²) in [6.45, 7) is 2.21. The predicted molar refractivity (Wildman–Crippen MR) is 67.3 cm³/mol. The number of carbonyl (C=O) groups excluding carboxylic acids is 1. The number of methoxy groups -OCH3 is 1. The number of ether oxygens (including phenoxy) is 3. The number of fused-ring (bicyclic) bond motifs is 2. The Hall–Kier alpha value is -1.43. The van der Waals surface area contributed by atoms with Gasteiger partial charge in [-0.15, -0.1) is 0 Å². The molecule has 2 bridgehead atoms. The first kappa shape index (κ1) is 12.6. The van der Waals surface area contributed by atoms with E-state index in [-0.39, 0.29) is 18.4 Å². The first-order chi connectivity index (χ1) is 9.26. The second-order valence-electron chi connectivity index (χ2n) is 4.86. The third-order valence-corrected chi connectivity index (χ3v) is 3.49. The molecule has 0 radical (unpaired) electrons. The van der Waals surface area contributed by atoms with Crippen molar-refractivity contribution < 1.29 is 19.0 Å². The van der Waals surface area contributed by atoms with E-state index in [2.05, 4.69) is 17.0 Å². The molecule has 0 saturated carbocycles. The van der Waals surface area contributed by atoms with E-state index in [1.165, 1.54) is 12.7 Å². The van der Waals surface area contributed by atoms with Crippen LogP contribution in [0.1, 0.15) is 5.56 Å². The van der Waals surface area contributed by atoms with Crippen LogP contribution in [-0.4, -0.2) is 49.6 Å². The van der Waals surface area contributed by atoms with Gasteiger partial charge in [-0.3, -0.25) is 4.90 Å². The van der Waals surface area contributed by atoms with Crippen molar-refractivity contribution in [2.24, 2.45) is 0 Å². The summed E-state index contributed by atoms with van der Waals surface area (Å²) in [5.41, 5.74) is 1.25. The minimum absolute atomic E-state index is 0.227. The average Bonchev–Trinajstić information content (AvgIpc) is 2.74. The largest absolute Gasteiger partial charge is 0.467 e. The maximum Gasteiger partial charge on any atom is 0.337 e. The van der Waals surface area contributed by atoms with E-state index in [9.17, 15) is 4.79 Å². The molecule has 0 N–H and O–H groups in total. The summed E-state index contributed by atoms with van der Waals surface area (Å²) in [4.78, 5) is 13.8. The normalized spacial score (nSPS) is 30.3. The number of rotatable bonds is 3. The lowest BCUT2D eigenvalue weighted by Gasteiger charge is -2.30. The zero-order chi connectivity index (χ0) is 13.2. The smallest absolute Gasteiger partial charge is 0.337 e. The fourth-order valence-corrected chi connectivity index (χ4v) is 2.61. The lowest BCUT2D eigenvalue weighted by molar-refractivity contribution is -0.154. The summed E-state index contributed by atoms with van der Waals surface area (Å²) in [7, 11) is 1.37. The van der Waals surface area contributed by atoms with Gasteiger partial charge in [0.15, 0.2) is 12.4 Å². The minimum atomic E-state index is -0.587. The van der Waals surface area contributed by atoms with Crippen molar-refractivity contribution >= 4 is 5.97 Å². The van der Waals surface area contributed by atoms with Gasteiger partial charge in [0.1, 0.15) is 6.10 Å². The first-order valence-corrected chi connectivity index (χ1v) is 6.41. The lowest BCUT2D eigenvalue weighted by atomic mass is 10.1. The minimum Gasteiger partial charge on any atom is -0.467 e. The van der Waals surface area contributed by atoms with Crippen molar-refractivity contribution in [2.45, 2.75) is 25.0 Å². The molecule has 5 nitrogen and oxygen atoms in total. The van der Waals surface area contributed by atoms with Crippen LogP contribution in [-0.2, 0) is 25.5 Å². The standard InChI is InChI=1S/C14H17NO4/c1-17-14(16)13-11-8-15(9-12(18-11)19-13)7-10-5-3-2-4-6-10/h2-6,11-13H,7-9H2,1H3/t11-,12-,13-/m1/s1. The molecule has 0 aromatic heterocycles. The van der Waals surface area contributed by atoms with E-state index in [1.807, 2.05) is 18.2 Å². The van der Waals surface area contributed by atoms with Crippen LogP contribution in [0.4, 0.5) is 0 Å². The Morgan fingerprint density at radius 2 is 2.11 bits per heavy atom. The molecule has 0 amide bonds. The highest BCUT2D eigenvalue weighted by atomic mass is 16.7. The molecular formula is C14H17NO4. The zero-order valence-electron chi connectivity index (χ0n) is 10.8. The molecular weight excluding hydrogens is 246 g/mol. The summed E-state index contributed by atoms with van der Waals surface area (Å²) in [5.74, 6) is -0.353. The molecule has 0 aliphatic carbocycles. The van der Waals surface area contributed by atoms with Gasteiger partial charge in [-0.25, -0.2) is 4.79 Å². The third-order valence-electron chi connectivity index (χ3n) is 3.49. The molecule has 2 saturated heterocycles. The van der Waals surface area contributed by atoms with Gasteiger partial charge < -0.3 is 14.2 Å². The number of hydrogen-bond donors (Lipinski definition) is 0. The van der Waals surface area contributed by atoms with E-state index in [0.29, 0.717) is 13.1 Å². The Morgan fingerprint density at radius 3 is 2.84 bits per heavy atom. The van der Waals surface area contributed by atoms with E-state index in [0.717, 1.165) is 6.54 Å². The Bertz CT molecular complexity index is 450. The summed E-state index contributed by atoms with van der Waals surface area (Å²) >= 11 is 0. The topological polar surface area (TPSA) is 48.0 Å². The average molecular weight is 263 g/mol. The van der Waals surface area contributed by atoms with Crippen molar-refractivity contribution in [2.75, 3.05) is 20.2 Å². The molecule has 2 aliphatic rings. The van der Waals surface area contributed by atoms with Crippen molar-refractivity contribution in [1.82, 2.24) is 4.90 Å². The van der Waals surface area contributed by atoms with E-state index >= 15 is 0 Å². The predicted octanol–water partition coefficient (Wildman–Crippen LogP) is 0.785. The highest BCUT2D eigenvalue weighted by Crippen LogP contribution is 2.27. The molecule has 1 aromatic rings. The SMILES string of the molecule is COC(=O)[C@@H]1O[C@@H]2CN(Cc3ccccc3)C[C@H]1O2. The van der Waals surface area contributed by atoms with Crippen molar-refractivity contribution in [3.05, 3.63) is 35.9 Å². The highest BCUT2D eigenvalue weighted by molar-refractivity contribution is 5.75. The molecule has 2 aliphatic heterocycles. The van der Waals surface area contributed by atoms with E-state index in [4.69, 9.17) is 14.2 Å². The second-order valence-corrected chi connectivity index (χ2v) is 4.86. The van der Waals surface area contributed by atoms with Crippen molar-refractivity contribution in [3.63, 3.8) is 0 Å². The van der Waals surface area contributed by atoms with Crippen molar-refractivity contribution in [1.29, 1.82) is 0 Å². The number of benzene rings is 1. The van der Waals surface area contributed by atoms with Gasteiger partial charge in [-0.2, -0.15) is 0 Å². The van der Waals surface area contributed by atoms with Gasteiger partial charge in [-0.05, 0) is 5.56 Å². The second kappa shape index (κ2) is 5.28. The third kappa shape index (κ3) is 2.63. The number of nitrogens with zero attached hydrogens (tertiary/aromatic N) is 1. The molecule has 3 rings (SSSR count). The molecule has 0 unspecified atom stereocenters. The van der Waals surface area contributed by atoms with E-state index < -0.39 is 6.10 Å². The Balaban J connectivity index is 1.64. The van der Waals surface area contributed by atoms with Crippen LogP contribution in [0.3, 0.4) is 0 Å². The molecule has 0 spiro atoms. The quantitative estimate of drug-likeness (QED) is 0.754. The molecule has 3 atom stereocenters. The number of carbonyl (C=O) groups is 1. The van der Waals surface area contributed by atoms with Crippen LogP contribution < -0.4 is 0 Å². The molecule has 1 aromatic carbocycles. The molecule has 2 fully saturated rings. The number of hydrogen-bond acceptors (Lipinski definition) is 5. The fourth-order valence-electron chi connectivity index (χ4n) is 2.61. The Labute approximate surface area is 112 Å². The molecule has 2 heterocycles. The lowest BCUT2D eigenvalue weighted by Crippen LogP contribution is -2.45. The monoisotopic (exact) mass is 263 g/mol. The Morgan fingerprint density at radius 1 is 1.32 bits per heavy atom. The summed E-state index contributed by atoms with van der Waals surface area (Å²) in [6, 6.07) is 10.2. The van der Waals surface area contributed by atoms with E-state index in [1.54, 1.807) is 0 Å². The molecule has 19 heavy (non-hydrogen) atoms. The highest BCUT2D eigenvalue weighted by Gasteiger charge is 2.46. The number of morpholine rings is 1. The Kier molecular flexibility index (Phi) is 3.50. The van der Waals surface area contributed by atoms with Crippen LogP contribution in [0.25, 0.3) is 0 Å². The van der Waals surface area contributed by atoms with Gasteiger partial charge in [-0.1, -0.05) is 30.3 Å². The summed E-state index contributed by atoms with van der Waals surface area (Å²) in [5, 5.41) is 0. The van der Waals surface area contributed by atoms with Crippen LogP contribution in [0, 0.1) is 0 Å². The van der Waals surface area contributed by atoms with Gasteiger partial charge in [0.05, 0.1) is 13.7 Å². The van der Waals surface area contributed by atoms with Gasteiger partial charge in [0.25, 0.3) is 0 Å². The van der Waals surface area contributed by atoms with Crippen LogP contribution in [0.15, 0.2) is 30.3 Å². The summed E-state index contributed by atoms with van der Waals surface area (Å²) < 4.78 is 15.9. The first-order valence-electron chi connectivity index (χ1n) is 6.41. The van der Waals surface area contributed by atoms with Gasteiger partial charge in [0, 0.05) is 13.1 Å².